The largest absolute Gasteiger partial charge is 0.115 e. The highest BCUT2D eigenvalue weighted by molar-refractivity contribution is 6.23. The Bertz CT molecular complexity index is 282. The first-order valence-electron chi connectivity index (χ1n) is 4.18. The van der Waals surface area contributed by atoms with Crippen molar-refractivity contribution in [3.63, 3.8) is 0 Å². The quantitative estimate of drug-likeness (QED) is 0.580. The van der Waals surface area contributed by atoms with Crippen molar-refractivity contribution in [2.75, 3.05) is 0 Å². The number of rotatable bonds is 1. The molecule has 0 atom stereocenters. The zero-order valence-electron chi connectivity index (χ0n) is 8.11. The van der Waals surface area contributed by atoms with Crippen LogP contribution in [-0.2, 0) is 4.87 Å². The van der Waals surface area contributed by atoms with E-state index in [0.717, 1.165) is 0 Å². The minimum absolute atomic E-state index is 0.254. The zero-order valence-corrected chi connectivity index (χ0v) is 8.87. The van der Waals surface area contributed by atoms with Crippen LogP contribution in [0.3, 0.4) is 0 Å². The molecule has 0 aliphatic heterocycles. The molecule has 0 saturated heterocycles. The highest BCUT2D eigenvalue weighted by atomic mass is 35.5. The standard InChI is InChI=1S/C11H15Cl/c1-8-6-5-7-10(9(8)2)11(3,4)12/h5-7H,1-4H3. The molecule has 1 heteroatoms. The average Bonchev–Trinajstić information content (AvgIpc) is 1.92. The summed E-state index contributed by atoms with van der Waals surface area (Å²) in [5.41, 5.74) is 3.84. The third kappa shape index (κ3) is 1.81. The van der Waals surface area contributed by atoms with Gasteiger partial charge in [0.15, 0.2) is 0 Å². The van der Waals surface area contributed by atoms with Crippen molar-refractivity contribution in [1.82, 2.24) is 0 Å². The van der Waals surface area contributed by atoms with Gasteiger partial charge in [0, 0.05) is 0 Å². The lowest BCUT2D eigenvalue weighted by Gasteiger charge is -2.20. The highest BCUT2D eigenvalue weighted by Crippen LogP contribution is 2.31. The zero-order chi connectivity index (χ0) is 9.35. The van der Waals surface area contributed by atoms with E-state index in [2.05, 4.69) is 32.0 Å². The number of halogens is 1. The summed E-state index contributed by atoms with van der Waals surface area (Å²) in [6, 6.07) is 6.26. The predicted molar refractivity (Wildman–Crippen MR) is 54.8 cm³/mol. The van der Waals surface area contributed by atoms with Gasteiger partial charge in [-0.05, 0) is 44.4 Å². The Hall–Kier alpha value is -0.490. The highest BCUT2D eigenvalue weighted by Gasteiger charge is 2.18. The van der Waals surface area contributed by atoms with Crippen molar-refractivity contribution in [2.45, 2.75) is 32.6 Å². The van der Waals surface area contributed by atoms with Crippen molar-refractivity contribution < 1.29 is 0 Å². The van der Waals surface area contributed by atoms with Crippen LogP contribution < -0.4 is 0 Å². The minimum Gasteiger partial charge on any atom is -0.115 e. The Morgan fingerprint density at radius 3 is 2.17 bits per heavy atom. The van der Waals surface area contributed by atoms with Crippen LogP contribution in [0.15, 0.2) is 18.2 Å². The maximum Gasteiger partial charge on any atom is 0.0641 e. The summed E-state index contributed by atoms with van der Waals surface area (Å²) in [6.07, 6.45) is 0. The first-order valence-corrected chi connectivity index (χ1v) is 4.56. The SMILES string of the molecule is Cc1cccc(C(C)(C)Cl)c1C. The Labute approximate surface area is 79.6 Å². The predicted octanol–water partition coefficient (Wildman–Crippen LogP) is 3.78. The van der Waals surface area contributed by atoms with Gasteiger partial charge in [0.25, 0.3) is 0 Å². The summed E-state index contributed by atoms with van der Waals surface area (Å²) in [6.45, 7) is 8.28. The second-order valence-corrected chi connectivity index (χ2v) is 4.66. The van der Waals surface area contributed by atoms with Crippen LogP contribution in [0.25, 0.3) is 0 Å². The van der Waals surface area contributed by atoms with E-state index < -0.39 is 0 Å². The Kier molecular flexibility index (Phi) is 2.48. The van der Waals surface area contributed by atoms with Crippen molar-refractivity contribution in [1.29, 1.82) is 0 Å². The maximum atomic E-state index is 6.24. The summed E-state index contributed by atoms with van der Waals surface area (Å²) in [5.74, 6) is 0. The van der Waals surface area contributed by atoms with Crippen molar-refractivity contribution >= 4 is 11.6 Å². The first-order chi connectivity index (χ1) is 5.43. The van der Waals surface area contributed by atoms with E-state index >= 15 is 0 Å². The fraction of sp³-hybridized carbons (Fsp3) is 0.455. The molecule has 0 N–H and O–H groups in total. The third-order valence-corrected chi connectivity index (χ3v) is 2.45. The molecular formula is C11H15Cl. The number of hydrogen-bond acceptors (Lipinski definition) is 0. The lowest BCUT2D eigenvalue weighted by Crippen LogP contribution is -2.10. The van der Waals surface area contributed by atoms with Crippen LogP contribution in [0.4, 0.5) is 0 Å². The van der Waals surface area contributed by atoms with Gasteiger partial charge in [-0.25, -0.2) is 0 Å². The van der Waals surface area contributed by atoms with Crippen LogP contribution in [0, 0.1) is 13.8 Å². The molecule has 0 aliphatic carbocycles. The Morgan fingerprint density at radius 1 is 1.17 bits per heavy atom. The fourth-order valence-corrected chi connectivity index (χ4v) is 1.60. The van der Waals surface area contributed by atoms with Crippen LogP contribution in [0.2, 0.25) is 0 Å². The summed E-state index contributed by atoms with van der Waals surface area (Å²) in [7, 11) is 0. The maximum absolute atomic E-state index is 6.24. The molecule has 1 aromatic rings. The van der Waals surface area contributed by atoms with Gasteiger partial charge in [-0.15, -0.1) is 11.6 Å². The van der Waals surface area contributed by atoms with E-state index in [4.69, 9.17) is 11.6 Å². The van der Waals surface area contributed by atoms with Gasteiger partial charge >= 0.3 is 0 Å². The van der Waals surface area contributed by atoms with Gasteiger partial charge in [-0.2, -0.15) is 0 Å². The molecule has 0 unspecified atom stereocenters. The van der Waals surface area contributed by atoms with Gasteiger partial charge in [0.2, 0.25) is 0 Å². The average molecular weight is 183 g/mol. The molecule has 0 amide bonds. The van der Waals surface area contributed by atoms with Crippen LogP contribution in [0.5, 0.6) is 0 Å². The second-order valence-electron chi connectivity index (χ2n) is 3.72. The molecule has 0 saturated carbocycles. The molecule has 0 nitrogen and oxygen atoms in total. The number of benzene rings is 1. The van der Waals surface area contributed by atoms with Gasteiger partial charge in [-0.3, -0.25) is 0 Å². The summed E-state index contributed by atoms with van der Waals surface area (Å²) in [4.78, 5) is -0.254. The molecule has 0 bridgehead atoms. The molecule has 0 radical (unpaired) electrons. The van der Waals surface area contributed by atoms with E-state index in [9.17, 15) is 0 Å². The molecule has 66 valence electrons. The molecule has 12 heavy (non-hydrogen) atoms. The molecule has 0 heterocycles. The first kappa shape index (κ1) is 9.60. The molecule has 0 aliphatic rings. The fourth-order valence-electron chi connectivity index (χ4n) is 1.40. The molecule has 1 rings (SSSR count). The van der Waals surface area contributed by atoms with E-state index in [1.54, 1.807) is 0 Å². The Balaban J connectivity index is 3.26. The lowest BCUT2D eigenvalue weighted by molar-refractivity contribution is 0.757. The van der Waals surface area contributed by atoms with E-state index in [-0.39, 0.29) is 4.87 Å². The smallest absolute Gasteiger partial charge is 0.0641 e. The topological polar surface area (TPSA) is 0 Å². The third-order valence-electron chi connectivity index (χ3n) is 2.25. The molecule has 1 aromatic carbocycles. The number of aryl methyl sites for hydroxylation is 1. The lowest BCUT2D eigenvalue weighted by atomic mass is 9.94. The second kappa shape index (κ2) is 3.10. The molecule has 0 spiro atoms. The summed E-state index contributed by atoms with van der Waals surface area (Å²) in [5, 5.41) is 0. The molecule has 0 fully saturated rings. The van der Waals surface area contributed by atoms with Gasteiger partial charge in [-0.1, -0.05) is 18.2 Å². The Morgan fingerprint density at radius 2 is 1.75 bits per heavy atom. The van der Waals surface area contributed by atoms with Crippen LogP contribution >= 0.6 is 11.6 Å². The normalized spacial score (nSPS) is 11.8. The van der Waals surface area contributed by atoms with E-state index in [1.165, 1.54) is 16.7 Å². The van der Waals surface area contributed by atoms with Crippen molar-refractivity contribution in [3.8, 4) is 0 Å². The van der Waals surface area contributed by atoms with Crippen LogP contribution in [0.1, 0.15) is 30.5 Å². The molecule has 0 aromatic heterocycles. The molecular weight excluding hydrogens is 168 g/mol. The summed E-state index contributed by atoms with van der Waals surface area (Å²) < 4.78 is 0. The van der Waals surface area contributed by atoms with Gasteiger partial charge < -0.3 is 0 Å². The van der Waals surface area contributed by atoms with E-state index in [1.807, 2.05) is 13.8 Å². The van der Waals surface area contributed by atoms with Crippen molar-refractivity contribution in [2.24, 2.45) is 0 Å². The van der Waals surface area contributed by atoms with Gasteiger partial charge in [0.05, 0.1) is 4.87 Å². The monoisotopic (exact) mass is 182 g/mol. The summed E-state index contributed by atoms with van der Waals surface area (Å²) >= 11 is 6.24. The van der Waals surface area contributed by atoms with Crippen LogP contribution in [-0.4, -0.2) is 0 Å². The number of hydrogen-bond donors (Lipinski definition) is 0. The van der Waals surface area contributed by atoms with Crippen molar-refractivity contribution in [3.05, 3.63) is 34.9 Å². The minimum atomic E-state index is -0.254. The van der Waals surface area contributed by atoms with Gasteiger partial charge in [0.1, 0.15) is 0 Å². The van der Waals surface area contributed by atoms with E-state index in [0.29, 0.717) is 0 Å². The number of alkyl halides is 1.